The van der Waals surface area contributed by atoms with Crippen molar-refractivity contribution in [2.75, 3.05) is 33.7 Å². The predicted molar refractivity (Wildman–Crippen MR) is 58.6 cm³/mol. The number of carbonyl (C=O) groups is 2. The fourth-order valence-corrected chi connectivity index (χ4v) is 1.95. The van der Waals surface area contributed by atoms with Crippen molar-refractivity contribution < 1.29 is 14.1 Å². The van der Waals surface area contributed by atoms with Gasteiger partial charge in [0.15, 0.2) is 0 Å². The van der Waals surface area contributed by atoms with Crippen LogP contribution in [0.3, 0.4) is 0 Å². The highest BCUT2D eigenvalue weighted by atomic mass is 16.1. The van der Waals surface area contributed by atoms with Crippen LogP contribution in [0.2, 0.25) is 0 Å². The molecule has 0 aromatic heterocycles. The Morgan fingerprint density at radius 1 is 1.53 bits per heavy atom. The Morgan fingerprint density at radius 3 is 2.80 bits per heavy atom. The molecule has 1 atom stereocenters. The van der Waals surface area contributed by atoms with E-state index in [9.17, 15) is 9.59 Å². The lowest BCUT2D eigenvalue weighted by molar-refractivity contribution is -0.882. The van der Waals surface area contributed by atoms with Crippen molar-refractivity contribution in [3.8, 4) is 0 Å². The average Bonchev–Trinajstić information content (AvgIpc) is 2.14. The maximum Gasteiger partial charge on any atom is 0.200 e. The summed E-state index contributed by atoms with van der Waals surface area (Å²) in [5.41, 5.74) is 0. The summed E-state index contributed by atoms with van der Waals surface area (Å²) in [5.74, 6) is 0.401. The van der Waals surface area contributed by atoms with Gasteiger partial charge in [0.2, 0.25) is 5.78 Å². The normalized spacial score (nSPS) is 26.9. The van der Waals surface area contributed by atoms with Crippen LogP contribution < -0.4 is 5.32 Å². The molecular weight excluding hydrogens is 192 g/mol. The lowest BCUT2D eigenvalue weighted by atomic mass is 10.0. The van der Waals surface area contributed by atoms with Gasteiger partial charge < -0.3 is 9.80 Å². The van der Waals surface area contributed by atoms with E-state index in [-0.39, 0.29) is 17.6 Å². The third-order valence-corrected chi connectivity index (χ3v) is 2.91. The molecule has 0 bridgehead atoms. The van der Waals surface area contributed by atoms with Crippen LogP contribution in [0.15, 0.2) is 0 Å². The van der Waals surface area contributed by atoms with E-state index < -0.39 is 0 Å². The Hall–Kier alpha value is -0.740. The Kier molecular flexibility index (Phi) is 3.99. The van der Waals surface area contributed by atoms with Crippen molar-refractivity contribution in [2.24, 2.45) is 0 Å². The van der Waals surface area contributed by atoms with Gasteiger partial charge in [0, 0.05) is 12.8 Å². The van der Waals surface area contributed by atoms with E-state index >= 15 is 0 Å². The zero-order valence-electron chi connectivity index (χ0n) is 9.88. The first-order valence-electron chi connectivity index (χ1n) is 5.54. The summed E-state index contributed by atoms with van der Waals surface area (Å²) in [5, 5.41) is 3.05. The summed E-state index contributed by atoms with van der Waals surface area (Å²) in [6.45, 7) is 3.62. The number of rotatable bonds is 2. The number of carbonyl (C=O) groups excluding carboxylic acids is 2. The largest absolute Gasteiger partial charge is 0.322 e. The minimum Gasteiger partial charge on any atom is -0.322 e. The third kappa shape index (κ3) is 3.72. The molecule has 1 rings (SSSR count). The number of Topliss-reactive ketones (excluding diaryl/α,β-unsaturated/α-hetero) is 2. The molecule has 86 valence electrons. The van der Waals surface area contributed by atoms with E-state index in [4.69, 9.17) is 0 Å². The second kappa shape index (κ2) is 4.86. The molecule has 0 spiro atoms. The molecule has 4 nitrogen and oxygen atoms in total. The van der Waals surface area contributed by atoms with E-state index in [1.807, 2.05) is 21.0 Å². The molecule has 0 saturated carbocycles. The number of ketones is 2. The number of nitrogens with one attached hydrogen (secondary N) is 1. The first-order valence-corrected chi connectivity index (χ1v) is 5.54. The van der Waals surface area contributed by atoms with Crippen LogP contribution in [-0.2, 0) is 9.59 Å². The molecule has 1 aliphatic rings. The topological polar surface area (TPSA) is 46.2 Å². The molecule has 1 N–H and O–H groups in total. The smallest absolute Gasteiger partial charge is 0.200 e. The summed E-state index contributed by atoms with van der Waals surface area (Å²) < 4.78 is 0.688. The van der Waals surface area contributed by atoms with Crippen LogP contribution in [0.1, 0.15) is 19.8 Å². The maximum absolute atomic E-state index is 11.6. The van der Waals surface area contributed by atoms with Crippen LogP contribution in [0.5, 0.6) is 0 Å². The molecule has 1 heterocycles. The molecule has 0 aliphatic carbocycles. The molecule has 1 unspecified atom stereocenters. The second-order valence-corrected chi connectivity index (χ2v) is 4.90. The molecular formula is C11H21N2O2+. The average molecular weight is 213 g/mol. The van der Waals surface area contributed by atoms with Gasteiger partial charge in [-0.3, -0.25) is 9.59 Å². The molecule has 15 heavy (non-hydrogen) atoms. The van der Waals surface area contributed by atoms with Crippen LogP contribution >= 0.6 is 0 Å². The number of quaternary nitrogens is 1. The monoisotopic (exact) mass is 213 g/mol. The van der Waals surface area contributed by atoms with E-state index in [1.54, 1.807) is 0 Å². The quantitative estimate of drug-likeness (QED) is 0.655. The SMILES string of the molecule is CCC(=O)C1CC[N+](C)(C)CC(=O)CN1. The molecule has 0 aromatic carbocycles. The standard InChI is InChI=1S/C11H21N2O2/c1-4-11(15)10-5-6-13(2,3)8-9(14)7-12-10/h10,12H,4-8H2,1-3H3/q+1. The fourth-order valence-electron chi connectivity index (χ4n) is 1.95. The first kappa shape index (κ1) is 12.3. The minimum atomic E-state index is -0.128. The third-order valence-electron chi connectivity index (χ3n) is 2.91. The van der Waals surface area contributed by atoms with Crippen molar-refractivity contribution in [1.82, 2.24) is 5.32 Å². The molecule has 1 fully saturated rings. The van der Waals surface area contributed by atoms with E-state index in [2.05, 4.69) is 5.32 Å². The molecule has 0 radical (unpaired) electrons. The van der Waals surface area contributed by atoms with Gasteiger partial charge in [0.05, 0.1) is 33.2 Å². The van der Waals surface area contributed by atoms with Gasteiger partial charge in [-0.25, -0.2) is 0 Å². The Balaban J connectivity index is 2.65. The van der Waals surface area contributed by atoms with Gasteiger partial charge in [-0.2, -0.15) is 0 Å². The van der Waals surface area contributed by atoms with Gasteiger partial charge in [0.25, 0.3) is 0 Å². The van der Waals surface area contributed by atoms with Gasteiger partial charge in [-0.1, -0.05) is 6.92 Å². The highest BCUT2D eigenvalue weighted by Crippen LogP contribution is 2.07. The van der Waals surface area contributed by atoms with Crippen molar-refractivity contribution in [2.45, 2.75) is 25.8 Å². The molecule has 0 amide bonds. The van der Waals surface area contributed by atoms with Gasteiger partial charge in [0.1, 0.15) is 12.3 Å². The number of hydrogen-bond donors (Lipinski definition) is 1. The molecule has 1 aliphatic heterocycles. The summed E-state index contributed by atoms with van der Waals surface area (Å²) >= 11 is 0. The fraction of sp³-hybridized carbons (Fsp3) is 0.818. The predicted octanol–water partition coefficient (Wildman–Crippen LogP) is -0.0271. The highest BCUT2D eigenvalue weighted by molar-refractivity contribution is 5.86. The lowest BCUT2D eigenvalue weighted by Crippen LogP contribution is -2.53. The van der Waals surface area contributed by atoms with E-state index in [0.29, 0.717) is 24.0 Å². The van der Waals surface area contributed by atoms with Crippen LogP contribution in [0, 0.1) is 0 Å². The number of nitrogens with zero attached hydrogens (tertiary/aromatic N) is 1. The summed E-state index contributed by atoms with van der Waals surface area (Å²) in [6, 6.07) is -0.128. The van der Waals surface area contributed by atoms with E-state index in [0.717, 1.165) is 13.0 Å². The first-order chi connectivity index (χ1) is 6.94. The number of hydrogen-bond acceptors (Lipinski definition) is 3. The highest BCUT2D eigenvalue weighted by Gasteiger charge is 2.27. The van der Waals surface area contributed by atoms with Crippen molar-refractivity contribution >= 4 is 11.6 Å². The van der Waals surface area contributed by atoms with Gasteiger partial charge >= 0.3 is 0 Å². The minimum absolute atomic E-state index is 0.128. The van der Waals surface area contributed by atoms with Crippen LogP contribution in [0.4, 0.5) is 0 Å². The second-order valence-electron chi connectivity index (χ2n) is 4.90. The van der Waals surface area contributed by atoms with Crippen LogP contribution in [0.25, 0.3) is 0 Å². The van der Waals surface area contributed by atoms with Crippen molar-refractivity contribution in [3.63, 3.8) is 0 Å². The lowest BCUT2D eigenvalue weighted by Gasteiger charge is -2.33. The van der Waals surface area contributed by atoms with Crippen molar-refractivity contribution in [3.05, 3.63) is 0 Å². The maximum atomic E-state index is 11.6. The zero-order chi connectivity index (χ0) is 11.5. The molecule has 0 aromatic rings. The summed E-state index contributed by atoms with van der Waals surface area (Å²) in [7, 11) is 4.08. The Morgan fingerprint density at radius 2 is 2.20 bits per heavy atom. The number of likely N-dealkylation sites (N-methyl/N-ethyl adjacent to an activating group) is 1. The Bertz CT molecular complexity index is 261. The van der Waals surface area contributed by atoms with Gasteiger partial charge in [-0.05, 0) is 0 Å². The molecule has 1 saturated heterocycles. The molecule has 4 heteroatoms. The van der Waals surface area contributed by atoms with Gasteiger partial charge in [-0.15, -0.1) is 0 Å². The Labute approximate surface area is 91.2 Å². The van der Waals surface area contributed by atoms with Crippen LogP contribution in [-0.4, -0.2) is 55.8 Å². The summed E-state index contributed by atoms with van der Waals surface area (Å²) in [6.07, 6.45) is 1.37. The summed E-state index contributed by atoms with van der Waals surface area (Å²) in [4.78, 5) is 23.1. The zero-order valence-corrected chi connectivity index (χ0v) is 9.88. The van der Waals surface area contributed by atoms with E-state index in [1.165, 1.54) is 0 Å². The van der Waals surface area contributed by atoms with Crippen molar-refractivity contribution in [1.29, 1.82) is 0 Å².